The standard InChI is InChI=1S/C27H27FN2O4.CH4/c1-16(2)9-20-12-19-10-17(15-33-24-6-4-3-5-18(24)13-25(31)32)11-22(27(19)34-20)21-7-8-30-23(14-29)26(21)28;/h3-8,10-12,16H,9,13-15,29H2,1-2H3,(H,31,32);1H4. The number of rotatable bonds is 9. The molecule has 0 radical (unpaired) electrons. The molecule has 7 heteroatoms. The molecule has 0 saturated heterocycles. The Morgan fingerprint density at radius 3 is 2.66 bits per heavy atom. The van der Waals surface area contributed by atoms with Gasteiger partial charge in [0.15, 0.2) is 5.82 Å². The predicted molar refractivity (Wildman–Crippen MR) is 135 cm³/mol. The number of fused-ring (bicyclic) bond motifs is 1. The van der Waals surface area contributed by atoms with Crippen LogP contribution >= 0.6 is 0 Å². The molecule has 35 heavy (non-hydrogen) atoms. The first-order valence-corrected chi connectivity index (χ1v) is 11.2. The molecular weight excluding hydrogens is 447 g/mol. The maximum atomic E-state index is 15.2. The van der Waals surface area contributed by atoms with E-state index in [4.69, 9.17) is 14.9 Å². The van der Waals surface area contributed by atoms with E-state index in [0.717, 1.165) is 23.1 Å². The van der Waals surface area contributed by atoms with Crippen LogP contribution in [0.5, 0.6) is 5.75 Å². The fraction of sp³-hybridized carbons (Fsp3) is 0.286. The number of para-hydroxylation sites is 1. The number of pyridine rings is 1. The Hall–Kier alpha value is -3.71. The summed E-state index contributed by atoms with van der Waals surface area (Å²) in [4.78, 5) is 15.2. The zero-order valence-corrected chi connectivity index (χ0v) is 19.2. The largest absolute Gasteiger partial charge is 0.489 e. The lowest BCUT2D eigenvalue weighted by atomic mass is 10.00. The molecule has 4 rings (SSSR count). The molecule has 0 aliphatic rings. The smallest absolute Gasteiger partial charge is 0.307 e. The summed E-state index contributed by atoms with van der Waals surface area (Å²) in [6, 6.07) is 14.4. The van der Waals surface area contributed by atoms with Crippen molar-refractivity contribution in [3.05, 3.63) is 83.1 Å². The van der Waals surface area contributed by atoms with Crippen molar-refractivity contribution in [1.82, 2.24) is 4.98 Å². The Kier molecular flexibility index (Phi) is 8.25. The fourth-order valence-electron chi connectivity index (χ4n) is 4.01. The van der Waals surface area contributed by atoms with Crippen molar-refractivity contribution in [2.45, 2.75) is 47.3 Å². The molecule has 0 aliphatic heterocycles. The number of ether oxygens (including phenoxy) is 1. The Labute approximate surface area is 204 Å². The highest BCUT2D eigenvalue weighted by Crippen LogP contribution is 2.35. The average Bonchev–Trinajstić information content (AvgIpc) is 3.19. The number of halogens is 1. The van der Waals surface area contributed by atoms with E-state index in [2.05, 4.69) is 18.8 Å². The number of aliphatic carboxylic acids is 1. The molecule has 0 atom stereocenters. The van der Waals surface area contributed by atoms with Crippen LogP contribution in [0.2, 0.25) is 0 Å². The number of hydrogen-bond donors (Lipinski definition) is 2. The molecule has 2 aromatic carbocycles. The van der Waals surface area contributed by atoms with Gasteiger partial charge in [-0.1, -0.05) is 39.5 Å². The maximum absolute atomic E-state index is 15.2. The SMILES string of the molecule is C.CC(C)Cc1cc2cc(COc3ccccc3CC(=O)O)cc(-c3ccnc(CN)c3F)c2o1. The van der Waals surface area contributed by atoms with Crippen LogP contribution in [-0.4, -0.2) is 16.1 Å². The van der Waals surface area contributed by atoms with Crippen LogP contribution in [0.3, 0.4) is 0 Å². The summed E-state index contributed by atoms with van der Waals surface area (Å²) in [6.07, 6.45) is 2.16. The Bertz CT molecular complexity index is 1330. The molecule has 2 heterocycles. The van der Waals surface area contributed by atoms with Crippen LogP contribution in [0.1, 0.15) is 43.9 Å². The van der Waals surface area contributed by atoms with E-state index < -0.39 is 11.8 Å². The van der Waals surface area contributed by atoms with Crippen molar-refractivity contribution in [1.29, 1.82) is 0 Å². The van der Waals surface area contributed by atoms with Gasteiger partial charge in [-0.15, -0.1) is 0 Å². The summed E-state index contributed by atoms with van der Waals surface area (Å²) in [5, 5.41) is 10.0. The minimum absolute atomic E-state index is 0. The lowest BCUT2D eigenvalue weighted by molar-refractivity contribution is -0.136. The normalized spacial score (nSPS) is 11.0. The Morgan fingerprint density at radius 1 is 1.17 bits per heavy atom. The van der Waals surface area contributed by atoms with Crippen molar-refractivity contribution >= 4 is 16.9 Å². The van der Waals surface area contributed by atoms with Gasteiger partial charge < -0.3 is 20.0 Å². The van der Waals surface area contributed by atoms with Gasteiger partial charge in [0.1, 0.15) is 23.7 Å². The number of furan rings is 1. The van der Waals surface area contributed by atoms with Gasteiger partial charge in [0, 0.05) is 41.2 Å². The van der Waals surface area contributed by atoms with Gasteiger partial charge in [-0.25, -0.2) is 4.39 Å². The molecule has 0 unspecified atom stereocenters. The molecular formula is C28H31FN2O4. The van der Waals surface area contributed by atoms with Crippen LogP contribution in [0, 0.1) is 11.7 Å². The number of nitrogens with two attached hydrogens (primary N) is 1. The number of carboxylic acids is 1. The van der Waals surface area contributed by atoms with E-state index in [1.165, 1.54) is 6.20 Å². The first-order valence-electron chi connectivity index (χ1n) is 11.2. The third-order valence-electron chi connectivity index (χ3n) is 5.49. The second-order valence-corrected chi connectivity index (χ2v) is 8.66. The third kappa shape index (κ3) is 5.87. The number of aromatic nitrogens is 1. The number of benzene rings is 2. The van der Waals surface area contributed by atoms with Gasteiger partial charge in [0.2, 0.25) is 0 Å². The zero-order valence-electron chi connectivity index (χ0n) is 19.2. The minimum atomic E-state index is -0.931. The molecule has 0 fully saturated rings. The lowest BCUT2D eigenvalue weighted by Gasteiger charge is -2.13. The van der Waals surface area contributed by atoms with Gasteiger partial charge >= 0.3 is 5.97 Å². The van der Waals surface area contributed by atoms with Gasteiger partial charge in [0.25, 0.3) is 0 Å². The van der Waals surface area contributed by atoms with E-state index in [1.54, 1.807) is 30.3 Å². The molecule has 184 valence electrons. The van der Waals surface area contributed by atoms with E-state index in [1.807, 2.05) is 18.2 Å². The van der Waals surface area contributed by atoms with Crippen molar-refractivity contribution in [3.63, 3.8) is 0 Å². The molecule has 2 aromatic heterocycles. The fourth-order valence-corrected chi connectivity index (χ4v) is 4.01. The molecule has 3 N–H and O–H groups in total. The van der Waals surface area contributed by atoms with Crippen LogP contribution in [0.25, 0.3) is 22.1 Å². The molecule has 6 nitrogen and oxygen atoms in total. The van der Waals surface area contributed by atoms with Crippen molar-refractivity contribution in [3.8, 4) is 16.9 Å². The minimum Gasteiger partial charge on any atom is -0.489 e. The highest BCUT2D eigenvalue weighted by atomic mass is 19.1. The second kappa shape index (κ2) is 11.1. The summed E-state index contributed by atoms with van der Waals surface area (Å²) in [7, 11) is 0. The summed E-state index contributed by atoms with van der Waals surface area (Å²) >= 11 is 0. The second-order valence-electron chi connectivity index (χ2n) is 8.66. The topological polar surface area (TPSA) is 98.6 Å². The Balaban J connectivity index is 0.00000342. The van der Waals surface area contributed by atoms with Crippen molar-refractivity contribution in [2.75, 3.05) is 0 Å². The van der Waals surface area contributed by atoms with Gasteiger partial charge in [0.05, 0.1) is 12.1 Å². The summed E-state index contributed by atoms with van der Waals surface area (Å²) in [5.74, 6) is 0.320. The summed E-state index contributed by atoms with van der Waals surface area (Å²) in [6.45, 7) is 4.39. The number of carboxylic acid groups (broad SMARTS) is 1. The highest BCUT2D eigenvalue weighted by molar-refractivity contribution is 5.93. The van der Waals surface area contributed by atoms with E-state index >= 15 is 4.39 Å². The lowest BCUT2D eigenvalue weighted by Crippen LogP contribution is -2.05. The summed E-state index contributed by atoms with van der Waals surface area (Å²) in [5.41, 5.74) is 8.80. The average molecular weight is 479 g/mol. The van der Waals surface area contributed by atoms with Crippen LogP contribution in [0.15, 0.2) is 59.1 Å². The van der Waals surface area contributed by atoms with Crippen LogP contribution in [0.4, 0.5) is 4.39 Å². The molecule has 4 aromatic rings. The van der Waals surface area contributed by atoms with Crippen LogP contribution < -0.4 is 10.5 Å². The van der Waals surface area contributed by atoms with Crippen molar-refractivity contribution in [2.24, 2.45) is 11.7 Å². The first kappa shape index (κ1) is 25.9. The first-order chi connectivity index (χ1) is 16.4. The highest BCUT2D eigenvalue weighted by Gasteiger charge is 2.18. The Morgan fingerprint density at radius 2 is 1.94 bits per heavy atom. The number of hydrogen-bond acceptors (Lipinski definition) is 5. The van der Waals surface area contributed by atoms with Crippen LogP contribution in [-0.2, 0) is 30.8 Å². The summed E-state index contributed by atoms with van der Waals surface area (Å²) < 4.78 is 27.3. The maximum Gasteiger partial charge on any atom is 0.307 e. The van der Waals surface area contributed by atoms with Crippen molar-refractivity contribution < 1.29 is 23.4 Å². The van der Waals surface area contributed by atoms with E-state index in [9.17, 15) is 9.90 Å². The molecule has 0 bridgehead atoms. The number of nitrogens with zero attached hydrogens (tertiary/aromatic N) is 1. The van der Waals surface area contributed by atoms with E-state index in [0.29, 0.717) is 33.9 Å². The van der Waals surface area contributed by atoms with Gasteiger partial charge in [-0.2, -0.15) is 0 Å². The quantitative estimate of drug-likeness (QED) is 0.300. The predicted octanol–water partition coefficient (Wildman–Crippen LogP) is 6.13. The number of carbonyl (C=O) groups is 1. The third-order valence-corrected chi connectivity index (χ3v) is 5.49. The molecule has 0 amide bonds. The van der Waals surface area contributed by atoms with Gasteiger partial charge in [-0.3, -0.25) is 9.78 Å². The molecule has 0 aliphatic carbocycles. The zero-order chi connectivity index (χ0) is 24.2. The monoisotopic (exact) mass is 478 g/mol. The van der Waals surface area contributed by atoms with Gasteiger partial charge in [-0.05, 0) is 41.8 Å². The molecule has 0 saturated carbocycles. The molecule has 0 spiro atoms. The van der Waals surface area contributed by atoms with E-state index in [-0.39, 0.29) is 32.7 Å².